The Bertz CT molecular complexity index is 387. The average molecular weight is 242 g/mol. The summed E-state index contributed by atoms with van der Waals surface area (Å²) in [5.74, 6) is -1.11. The topological polar surface area (TPSA) is 63.2 Å². The van der Waals surface area contributed by atoms with Crippen LogP contribution in [0.15, 0.2) is 11.6 Å². The van der Waals surface area contributed by atoms with Gasteiger partial charge in [0.25, 0.3) is 0 Å². The van der Waals surface area contributed by atoms with Crippen LogP contribution in [0.4, 0.5) is 0 Å². The lowest BCUT2D eigenvalue weighted by atomic mass is 9.88. The predicted molar refractivity (Wildman–Crippen MR) is 53.7 cm³/mol. The summed E-state index contributed by atoms with van der Waals surface area (Å²) in [6.07, 6.45) is 0.103. The van der Waals surface area contributed by atoms with Gasteiger partial charge in [0.05, 0.1) is 12.7 Å². The number of carbonyl (C=O) groups excluding carboxylic acids is 1. The summed E-state index contributed by atoms with van der Waals surface area (Å²) in [6.45, 7) is 3.64. The minimum Gasteiger partial charge on any atom is -0.466 e. The summed E-state index contributed by atoms with van der Waals surface area (Å²) in [6, 6.07) is 0. The minimum absolute atomic E-state index is 0.239. The minimum atomic E-state index is -0.692. The third-order valence-corrected chi connectivity index (χ3v) is 3.13. The highest BCUT2D eigenvalue weighted by atomic mass is 17.2. The molecule has 0 aromatic carbocycles. The lowest BCUT2D eigenvalue weighted by Crippen LogP contribution is -2.55. The van der Waals surface area contributed by atoms with Crippen LogP contribution in [0.25, 0.3) is 0 Å². The van der Waals surface area contributed by atoms with Gasteiger partial charge in [0, 0.05) is 0 Å². The van der Waals surface area contributed by atoms with Crippen LogP contribution in [0, 0.1) is 0 Å². The van der Waals surface area contributed by atoms with E-state index in [0.29, 0.717) is 5.57 Å². The molecule has 3 heterocycles. The van der Waals surface area contributed by atoms with Crippen LogP contribution in [-0.2, 0) is 28.8 Å². The van der Waals surface area contributed by atoms with E-state index in [9.17, 15) is 4.79 Å². The molecule has 0 aromatic rings. The second-order valence-corrected chi connectivity index (χ2v) is 4.76. The molecule has 2 saturated heterocycles. The van der Waals surface area contributed by atoms with Gasteiger partial charge in [0.15, 0.2) is 11.9 Å². The van der Waals surface area contributed by atoms with Crippen LogP contribution in [0.3, 0.4) is 0 Å². The second-order valence-electron chi connectivity index (χ2n) is 4.76. The van der Waals surface area contributed by atoms with Gasteiger partial charge in [-0.3, -0.25) is 0 Å². The average Bonchev–Trinajstić information content (AvgIpc) is 2.65. The lowest BCUT2D eigenvalue weighted by Gasteiger charge is -2.39. The Morgan fingerprint density at radius 3 is 2.71 bits per heavy atom. The summed E-state index contributed by atoms with van der Waals surface area (Å²) >= 11 is 0. The van der Waals surface area contributed by atoms with Crippen molar-refractivity contribution in [2.75, 3.05) is 7.11 Å². The Hall–Kier alpha value is -0.950. The highest BCUT2D eigenvalue weighted by Crippen LogP contribution is 2.42. The molecule has 2 fully saturated rings. The highest BCUT2D eigenvalue weighted by molar-refractivity contribution is 5.90. The van der Waals surface area contributed by atoms with Crippen molar-refractivity contribution in [3.63, 3.8) is 0 Å². The largest absolute Gasteiger partial charge is 0.466 e. The van der Waals surface area contributed by atoms with E-state index in [2.05, 4.69) is 0 Å². The fourth-order valence-corrected chi connectivity index (χ4v) is 2.46. The maximum absolute atomic E-state index is 11.6. The number of fused-ring (bicyclic) bond motifs is 1. The molecule has 4 aliphatic rings. The monoisotopic (exact) mass is 242 g/mol. The Kier molecular flexibility index (Phi) is 2.31. The van der Waals surface area contributed by atoms with Gasteiger partial charge >= 0.3 is 5.97 Å². The third kappa shape index (κ3) is 1.60. The molecule has 3 aliphatic heterocycles. The molecule has 6 heteroatoms. The molecule has 1 aliphatic carbocycles. The van der Waals surface area contributed by atoms with Gasteiger partial charge in [0.1, 0.15) is 18.3 Å². The van der Waals surface area contributed by atoms with Crippen molar-refractivity contribution in [2.45, 2.75) is 44.1 Å². The number of esters is 1. The van der Waals surface area contributed by atoms with E-state index in [1.165, 1.54) is 7.11 Å². The number of carbonyl (C=O) groups is 1. The predicted octanol–water partition coefficient (Wildman–Crippen LogP) is 0.318. The summed E-state index contributed by atoms with van der Waals surface area (Å²) < 4.78 is 16.2. The molecule has 2 unspecified atom stereocenters. The molecule has 0 amide bonds. The zero-order valence-corrected chi connectivity index (χ0v) is 9.84. The van der Waals surface area contributed by atoms with Crippen molar-refractivity contribution < 1.29 is 28.8 Å². The van der Waals surface area contributed by atoms with Gasteiger partial charge in [-0.05, 0) is 19.9 Å². The van der Waals surface area contributed by atoms with Crippen molar-refractivity contribution in [3.05, 3.63) is 11.6 Å². The van der Waals surface area contributed by atoms with E-state index >= 15 is 0 Å². The summed E-state index contributed by atoms with van der Waals surface area (Å²) in [5.41, 5.74) is 0.436. The number of hydrogen-bond donors (Lipinski definition) is 0. The molecular formula is C11H14O6. The fraction of sp³-hybridized carbons (Fsp3) is 0.727. The number of hydrogen-bond acceptors (Lipinski definition) is 6. The van der Waals surface area contributed by atoms with Crippen LogP contribution < -0.4 is 0 Å². The summed E-state index contributed by atoms with van der Waals surface area (Å²) in [4.78, 5) is 21.8. The SMILES string of the molecule is COC(=O)C1=C[C@H]2OO[C@@H]1C1OC(C)(C)OC12. The van der Waals surface area contributed by atoms with Crippen LogP contribution in [0.5, 0.6) is 0 Å². The molecule has 4 atom stereocenters. The van der Waals surface area contributed by atoms with Crippen molar-refractivity contribution in [2.24, 2.45) is 0 Å². The van der Waals surface area contributed by atoms with E-state index in [1.54, 1.807) is 6.08 Å². The normalized spacial score (nSPS) is 41.9. The number of methoxy groups -OCH3 is 1. The first-order valence-corrected chi connectivity index (χ1v) is 5.49. The fourth-order valence-electron chi connectivity index (χ4n) is 2.46. The maximum Gasteiger partial charge on any atom is 0.336 e. The zero-order valence-electron chi connectivity index (χ0n) is 9.84. The van der Waals surface area contributed by atoms with E-state index in [-0.39, 0.29) is 12.2 Å². The highest BCUT2D eigenvalue weighted by Gasteiger charge is 2.57. The molecule has 94 valence electrons. The van der Waals surface area contributed by atoms with E-state index in [0.717, 1.165) is 0 Å². The molecule has 0 saturated carbocycles. The molecule has 0 N–H and O–H groups in total. The Morgan fingerprint density at radius 1 is 1.29 bits per heavy atom. The van der Waals surface area contributed by atoms with Gasteiger partial charge < -0.3 is 14.2 Å². The summed E-state index contributed by atoms with van der Waals surface area (Å²) in [7, 11) is 1.33. The van der Waals surface area contributed by atoms with E-state index in [4.69, 9.17) is 24.0 Å². The second kappa shape index (κ2) is 3.52. The van der Waals surface area contributed by atoms with Crippen LogP contribution in [0.1, 0.15) is 13.8 Å². The van der Waals surface area contributed by atoms with Crippen LogP contribution in [0.2, 0.25) is 0 Å². The van der Waals surface area contributed by atoms with Gasteiger partial charge in [-0.1, -0.05) is 0 Å². The Labute approximate surface area is 98.3 Å². The Morgan fingerprint density at radius 2 is 2.00 bits per heavy atom. The van der Waals surface area contributed by atoms with Crippen molar-refractivity contribution in [1.29, 1.82) is 0 Å². The maximum atomic E-state index is 11.6. The lowest BCUT2D eigenvalue weighted by molar-refractivity contribution is -0.390. The van der Waals surface area contributed by atoms with Crippen LogP contribution >= 0.6 is 0 Å². The molecule has 0 aromatic heterocycles. The van der Waals surface area contributed by atoms with E-state index in [1.807, 2.05) is 13.8 Å². The molecule has 2 bridgehead atoms. The van der Waals surface area contributed by atoms with E-state index < -0.39 is 24.0 Å². The van der Waals surface area contributed by atoms with Gasteiger partial charge in [-0.15, -0.1) is 0 Å². The molecule has 0 spiro atoms. The first-order chi connectivity index (χ1) is 8.02. The first kappa shape index (κ1) is 11.2. The van der Waals surface area contributed by atoms with Gasteiger partial charge in [-0.2, -0.15) is 0 Å². The number of ether oxygens (including phenoxy) is 3. The molecule has 0 radical (unpaired) electrons. The standard InChI is InChI=1S/C11H14O6/c1-11(2)14-8-6-4-5(10(12)13-3)7(17-16-6)9(8)15-11/h4,6-9H,1-3H3/t6-,7+,8?,9?/m1/s1. The Balaban J connectivity index is 1.92. The summed E-state index contributed by atoms with van der Waals surface area (Å²) in [5, 5.41) is 0. The number of rotatable bonds is 1. The molecule has 6 nitrogen and oxygen atoms in total. The van der Waals surface area contributed by atoms with Gasteiger partial charge in [-0.25, -0.2) is 14.6 Å². The smallest absolute Gasteiger partial charge is 0.336 e. The van der Waals surface area contributed by atoms with Gasteiger partial charge in [0.2, 0.25) is 0 Å². The van der Waals surface area contributed by atoms with Crippen molar-refractivity contribution >= 4 is 5.97 Å². The zero-order chi connectivity index (χ0) is 12.2. The van der Waals surface area contributed by atoms with Crippen LogP contribution in [-0.4, -0.2) is 43.3 Å². The molecule has 17 heavy (non-hydrogen) atoms. The van der Waals surface area contributed by atoms with Crippen molar-refractivity contribution in [1.82, 2.24) is 0 Å². The molecule has 4 rings (SSSR count). The first-order valence-electron chi connectivity index (χ1n) is 5.49. The molecular weight excluding hydrogens is 228 g/mol. The quantitative estimate of drug-likeness (QED) is 0.487. The third-order valence-electron chi connectivity index (χ3n) is 3.13. The van der Waals surface area contributed by atoms with Crippen molar-refractivity contribution in [3.8, 4) is 0 Å².